The first-order valence-corrected chi connectivity index (χ1v) is 9.20. The number of rotatable bonds is 5. The average Bonchev–Trinajstić information content (AvgIpc) is 2.62. The highest BCUT2D eigenvalue weighted by molar-refractivity contribution is 8.00. The first-order chi connectivity index (χ1) is 14.1. The minimum Gasteiger partial charge on any atom is -0.319 e. The van der Waals surface area contributed by atoms with Gasteiger partial charge in [0.05, 0.1) is 20.7 Å². The minimum atomic E-state index is -6.30. The summed E-state index contributed by atoms with van der Waals surface area (Å²) in [7, 11) is 0. The third-order valence-corrected chi connectivity index (χ3v) is 5.37. The van der Waals surface area contributed by atoms with Crippen molar-refractivity contribution >= 4 is 52.2 Å². The first kappa shape index (κ1) is 25.0. The molecule has 168 valence electrons. The second kappa shape index (κ2) is 8.71. The number of halogens is 9. The summed E-state index contributed by atoms with van der Waals surface area (Å²) in [5, 5.41) is 6.08. The Balaban J connectivity index is 2.35. The Morgan fingerprint density at radius 2 is 1.48 bits per heavy atom. The Hall–Kier alpha value is -2.25. The normalized spacial score (nSPS) is 12.5. The van der Waals surface area contributed by atoms with E-state index in [0.717, 1.165) is 12.1 Å². The van der Waals surface area contributed by atoms with E-state index in [9.17, 15) is 45.6 Å². The van der Waals surface area contributed by atoms with Gasteiger partial charge in [0.2, 0.25) is 0 Å². The van der Waals surface area contributed by atoms with Crippen molar-refractivity contribution in [2.45, 2.75) is 22.2 Å². The second-order valence-corrected chi connectivity index (χ2v) is 7.77. The molecule has 0 saturated carbocycles. The van der Waals surface area contributed by atoms with E-state index in [1.54, 1.807) is 0 Å². The molecule has 0 unspecified atom stereocenters. The van der Waals surface area contributed by atoms with Crippen LogP contribution in [0.4, 0.5) is 42.1 Å². The second-order valence-electron chi connectivity index (χ2n) is 5.72. The predicted molar refractivity (Wildman–Crippen MR) is 99.3 cm³/mol. The van der Waals surface area contributed by atoms with Gasteiger partial charge in [-0.15, -0.1) is 0 Å². The van der Waals surface area contributed by atoms with Gasteiger partial charge in [0, 0.05) is 22.6 Å². The van der Waals surface area contributed by atoms with E-state index in [1.165, 1.54) is 12.1 Å². The van der Waals surface area contributed by atoms with Gasteiger partial charge in [-0.05, 0) is 18.2 Å². The largest absolute Gasteiger partial charge is 0.441 e. The van der Waals surface area contributed by atoms with Crippen LogP contribution in [0.3, 0.4) is 0 Å². The lowest BCUT2D eigenvalue weighted by Gasteiger charge is -2.29. The van der Waals surface area contributed by atoms with Crippen LogP contribution >= 0.6 is 35.0 Å². The van der Waals surface area contributed by atoms with Gasteiger partial charge in [0.1, 0.15) is 0 Å². The van der Waals surface area contributed by atoms with Crippen LogP contribution in [-0.4, -0.2) is 28.2 Å². The molecule has 0 heterocycles. The zero-order valence-corrected chi connectivity index (χ0v) is 16.8. The number of amides is 1. The van der Waals surface area contributed by atoms with Gasteiger partial charge in [-0.1, -0.05) is 41.0 Å². The maximum absolute atomic E-state index is 13.9. The van der Waals surface area contributed by atoms with Crippen molar-refractivity contribution in [2.75, 3.05) is 5.32 Å². The number of nitrogens with zero attached hydrogens (tertiary/aromatic N) is 1. The summed E-state index contributed by atoms with van der Waals surface area (Å²) in [6.45, 7) is 0. The molecule has 0 aliphatic carbocycles. The SMILES string of the molecule is O=C(Nc1c(Cl)cc(SC(F)(C(F)(F)F)C(F)(F)F)cc1Cl)c1cccc([N+](=O)[O-])c1. The van der Waals surface area contributed by atoms with Crippen LogP contribution in [0.25, 0.3) is 0 Å². The van der Waals surface area contributed by atoms with Crippen LogP contribution in [0.1, 0.15) is 10.4 Å². The van der Waals surface area contributed by atoms with E-state index in [1.807, 2.05) is 0 Å². The van der Waals surface area contributed by atoms with E-state index >= 15 is 0 Å². The predicted octanol–water partition coefficient (Wildman–Crippen LogP) is 7.04. The van der Waals surface area contributed by atoms with Crippen molar-refractivity contribution in [3.63, 3.8) is 0 Å². The molecule has 0 saturated heterocycles. The van der Waals surface area contributed by atoms with Crippen LogP contribution in [0.15, 0.2) is 41.3 Å². The van der Waals surface area contributed by atoms with E-state index in [4.69, 9.17) is 23.2 Å². The number of nitro groups is 1. The lowest BCUT2D eigenvalue weighted by Crippen LogP contribution is -2.50. The van der Waals surface area contributed by atoms with Crippen molar-refractivity contribution in [2.24, 2.45) is 0 Å². The summed E-state index contributed by atoms with van der Waals surface area (Å²) in [6.07, 6.45) is -12.6. The van der Waals surface area contributed by atoms with Crippen molar-refractivity contribution in [1.82, 2.24) is 0 Å². The molecular weight excluding hydrogens is 504 g/mol. The highest BCUT2D eigenvalue weighted by Gasteiger charge is 2.73. The number of hydrogen-bond acceptors (Lipinski definition) is 4. The van der Waals surface area contributed by atoms with E-state index < -0.39 is 66.3 Å². The summed E-state index contributed by atoms with van der Waals surface area (Å²) < 4.78 is 90.3. The molecule has 1 amide bonds. The number of thioether (sulfide) groups is 1. The molecule has 0 radical (unpaired) electrons. The van der Waals surface area contributed by atoms with Gasteiger partial charge in [-0.25, -0.2) is 4.39 Å². The summed E-state index contributed by atoms with van der Waals surface area (Å²) in [4.78, 5) is 21.3. The zero-order chi connectivity index (χ0) is 23.8. The van der Waals surface area contributed by atoms with Crippen molar-refractivity contribution in [1.29, 1.82) is 0 Å². The van der Waals surface area contributed by atoms with E-state index in [2.05, 4.69) is 5.32 Å². The molecule has 31 heavy (non-hydrogen) atoms. The maximum atomic E-state index is 13.9. The Morgan fingerprint density at radius 1 is 0.968 bits per heavy atom. The number of benzene rings is 2. The molecule has 1 N–H and O–H groups in total. The van der Waals surface area contributed by atoms with E-state index in [-0.39, 0.29) is 5.56 Å². The first-order valence-electron chi connectivity index (χ1n) is 7.63. The van der Waals surface area contributed by atoms with Crippen LogP contribution in [0.5, 0.6) is 0 Å². The lowest BCUT2D eigenvalue weighted by molar-refractivity contribution is -0.384. The fourth-order valence-electron chi connectivity index (χ4n) is 2.11. The number of alkyl halides is 7. The molecule has 0 fully saturated rings. The summed E-state index contributed by atoms with van der Waals surface area (Å²) in [5.41, 5.74) is -1.04. The molecule has 2 aromatic rings. The highest BCUT2D eigenvalue weighted by Crippen LogP contribution is 2.56. The van der Waals surface area contributed by atoms with Crippen LogP contribution in [0, 0.1) is 10.1 Å². The molecule has 15 heteroatoms. The standard InChI is InChI=1S/C16H7Cl2F7N2O3S/c17-10-5-9(31-14(19,15(20,21)22)16(23,24)25)6-11(18)12(10)26-13(28)7-2-1-3-8(4-7)27(29)30/h1-6H,(H,26,28). The third kappa shape index (κ3) is 5.33. The van der Waals surface area contributed by atoms with Gasteiger partial charge < -0.3 is 5.32 Å². The van der Waals surface area contributed by atoms with Crippen molar-refractivity contribution < 1.29 is 40.5 Å². The molecule has 0 aliphatic rings. The fourth-order valence-corrected chi connectivity index (χ4v) is 3.73. The van der Waals surface area contributed by atoms with Gasteiger partial charge >= 0.3 is 17.4 Å². The Bertz CT molecular complexity index is 994. The van der Waals surface area contributed by atoms with Crippen LogP contribution in [0.2, 0.25) is 10.0 Å². The lowest BCUT2D eigenvalue weighted by atomic mass is 10.2. The number of carbonyl (C=O) groups excluding carboxylic acids is 1. The topological polar surface area (TPSA) is 72.2 Å². The van der Waals surface area contributed by atoms with Gasteiger partial charge in [0.25, 0.3) is 11.6 Å². The Kier molecular flexibility index (Phi) is 7.03. The molecule has 0 atom stereocenters. The number of nitro benzene ring substituents is 1. The van der Waals surface area contributed by atoms with Gasteiger partial charge in [-0.2, -0.15) is 26.3 Å². The number of non-ortho nitro benzene ring substituents is 1. The molecule has 0 aliphatic heterocycles. The number of carbonyl (C=O) groups is 1. The summed E-state index contributed by atoms with van der Waals surface area (Å²) in [5.74, 6) is -0.960. The van der Waals surface area contributed by atoms with Gasteiger partial charge in [-0.3, -0.25) is 14.9 Å². The summed E-state index contributed by atoms with van der Waals surface area (Å²) in [6, 6.07) is 5.50. The fraction of sp³-hybridized carbons (Fsp3) is 0.188. The molecule has 5 nitrogen and oxygen atoms in total. The Morgan fingerprint density at radius 3 is 1.94 bits per heavy atom. The van der Waals surface area contributed by atoms with Crippen molar-refractivity contribution in [3.05, 3.63) is 62.1 Å². The van der Waals surface area contributed by atoms with Gasteiger partial charge in [0.15, 0.2) is 0 Å². The number of hydrogen-bond donors (Lipinski definition) is 1. The minimum absolute atomic E-state index is 0.211. The molecule has 0 bridgehead atoms. The zero-order valence-electron chi connectivity index (χ0n) is 14.4. The van der Waals surface area contributed by atoms with Crippen LogP contribution in [-0.2, 0) is 0 Å². The average molecular weight is 511 g/mol. The monoisotopic (exact) mass is 510 g/mol. The summed E-state index contributed by atoms with van der Waals surface area (Å²) >= 11 is 10.4. The number of anilines is 1. The number of nitrogens with one attached hydrogen (secondary N) is 1. The molecule has 0 aromatic heterocycles. The van der Waals surface area contributed by atoms with Crippen LogP contribution < -0.4 is 5.32 Å². The molecule has 0 spiro atoms. The third-order valence-electron chi connectivity index (χ3n) is 3.56. The van der Waals surface area contributed by atoms with Crippen molar-refractivity contribution in [3.8, 4) is 0 Å². The molecule has 2 aromatic carbocycles. The Labute approximate surface area is 182 Å². The molecular formula is C16H7Cl2F7N2O3S. The molecule has 2 rings (SSSR count). The van der Waals surface area contributed by atoms with E-state index in [0.29, 0.717) is 12.1 Å². The highest BCUT2D eigenvalue weighted by atomic mass is 35.5. The quantitative estimate of drug-likeness (QED) is 0.202. The smallest absolute Gasteiger partial charge is 0.319 e. The maximum Gasteiger partial charge on any atom is 0.441 e.